The van der Waals surface area contributed by atoms with Crippen molar-refractivity contribution in [3.63, 3.8) is 0 Å². The molecule has 140 valence electrons. The molecule has 0 aliphatic carbocycles. The minimum absolute atomic E-state index is 0.238. The molecular formula is C19H39N5. The van der Waals surface area contributed by atoms with Gasteiger partial charge in [-0.15, -0.1) is 0 Å². The van der Waals surface area contributed by atoms with Gasteiger partial charge in [0.15, 0.2) is 5.96 Å². The topological polar surface area (TPSA) is 56.9 Å². The van der Waals surface area contributed by atoms with Gasteiger partial charge >= 0.3 is 0 Å². The summed E-state index contributed by atoms with van der Waals surface area (Å²) in [6.45, 7) is 8.88. The Balaban J connectivity index is 1.86. The highest BCUT2D eigenvalue weighted by molar-refractivity contribution is 5.77. The quantitative estimate of drug-likeness (QED) is 0.406. The van der Waals surface area contributed by atoms with E-state index in [1.165, 1.54) is 84.0 Å². The summed E-state index contributed by atoms with van der Waals surface area (Å²) in [5.74, 6) is 0.641. The molecule has 3 N–H and O–H groups in total. The number of aliphatic imine (C=N–C) groups is 1. The Kier molecular flexibility index (Phi) is 8.33. The molecule has 2 aliphatic rings. The van der Waals surface area contributed by atoms with E-state index in [9.17, 15) is 0 Å². The number of nitrogens with zero attached hydrogens (tertiary/aromatic N) is 3. The average Bonchev–Trinajstić information content (AvgIpc) is 2.62. The molecule has 0 aromatic carbocycles. The summed E-state index contributed by atoms with van der Waals surface area (Å²) < 4.78 is 0. The first-order chi connectivity index (χ1) is 11.7. The van der Waals surface area contributed by atoms with Crippen molar-refractivity contribution >= 4 is 5.96 Å². The van der Waals surface area contributed by atoms with Crippen LogP contribution < -0.4 is 11.1 Å². The molecule has 2 heterocycles. The lowest BCUT2D eigenvalue weighted by Gasteiger charge is -2.49. The van der Waals surface area contributed by atoms with Gasteiger partial charge in [0.05, 0.1) is 6.54 Å². The predicted octanol–water partition coefficient (Wildman–Crippen LogP) is 2.42. The normalized spacial score (nSPS) is 23.3. The molecule has 2 fully saturated rings. The summed E-state index contributed by atoms with van der Waals surface area (Å²) in [5.41, 5.74) is 6.37. The van der Waals surface area contributed by atoms with Gasteiger partial charge < -0.3 is 16.0 Å². The molecule has 0 bridgehead atoms. The lowest BCUT2D eigenvalue weighted by atomic mass is 9.84. The van der Waals surface area contributed by atoms with Crippen molar-refractivity contribution in [3.8, 4) is 0 Å². The smallest absolute Gasteiger partial charge is 0.188 e. The van der Waals surface area contributed by atoms with Gasteiger partial charge in [0.1, 0.15) is 0 Å². The minimum Gasteiger partial charge on any atom is -0.370 e. The van der Waals surface area contributed by atoms with Crippen LogP contribution in [0.4, 0.5) is 0 Å². The summed E-state index contributed by atoms with van der Waals surface area (Å²) in [4.78, 5) is 9.93. The van der Waals surface area contributed by atoms with Crippen LogP contribution in [-0.4, -0.2) is 67.6 Å². The molecule has 0 unspecified atom stereocenters. The fourth-order valence-electron chi connectivity index (χ4n) is 4.03. The van der Waals surface area contributed by atoms with Crippen LogP contribution in [0, 0.1) is 0 Å². The Morgan fingerprint density at radius 2 is 1.75 bits per heavy atom. The van der Waals surface area contributed by atoms with Crippen molar-refractivity contribution in [1.82, 2.24) is 15.1 Å². The summed E-state index contributed by atoms with van der Waals surface area (Å²) in [7, 11) is 2.23. The van der Waals surface area contributed by atoms with Crippen molar-refractivity contribution < 1.29 is 0 Å². The van der Waals surface area contributed by atoms with Gasteiger partial charge in [-0.2, -0.15) is 0 Å². The summed E-state index contributed by atoms with van der Waals surface area (Å²) in [5, 5.41) is 3.31. The predicted molar refractivity (Wildman–Crippen MR) is 104 cm³/mol. The van der Waals surface area contributed by atoms with Crippen molar-refractivity contribution in [2.75, 3.05) is 46.3 Å². The van der Waals surface area contributed by atoms with Crippen molar-refractivity contribution in [1.29, 1.82) is 0 Å². The Bertz CT molecular complexity index is 368. The second kappa shape index (κ2) is 10.2. The zero-order chi connectivity index (χ0) is 17.3. The van der Waals surface area contributed by atoms with Crippen LogP contribution in [0.1, 0.15) is 64.7 Å². The van der Waals surface area contributed by atoms with E-state index in [2.05, 4.69) is 29.1 Å². The molecular weight excluding hydrogens is 298 g/mol. The standard InChI is InChI=1S/C19H39N5/c1-3-4-5-7-12-21-18(20)22-17-19(10-15-23(2)16-11-19)24-13-8-6-9-14-24/h3-17H2,1-2H3,(H3,20,21,22). The molecule has 5 nitrogen and oxygen atoms in total. The van der Waals surface area contributed by atoms with Gasteiger partial charge in [-0.3, -0.25) is 9.89 Å². The molecule has 0 spiro atoms. The molecule has 0 atom stereocenters. The number of likely N-dealkylation sites (tertiary alicyclic amines) is 2. The minimum atomic E-state index is 0.238. The van der Waals surface area contributed by atoms with Crippen LogP contribution in [0.15, 0.2) is 4.99 Å². The number of piperidine rings is 2. The van der Waals surface area contributed by atoms with E-state index in [0.29, 0.717) is 5.96 Å². The van der Waals surface area contributed by atoms with Crippen molar-refractivity contribution in [2.45, 2.75) is 70.3 Å². The van der Waals surface area contributed by atoms with Gasteiger partial charge in [-0.1, -0.05) is 32.6 Å². The van der Waals surface area contributed by atoms with E-state index in [0.717, 1.165) is 13.1 Å². The fourth-order valence-corrected chi connectivity index (χ4v) is 4.03. The third-order valence-electron chi connectivity index (χ3n) is 5.82. The summed E-state index contributed by atoms with van der Waals surface area (Å²) in [6, 6.07) is 0. The monoisotopic (exact) mass is 337 g/mol. The molecule has 0 radical (unpaired) electrons. The van der Waals surface area contributed by atoms with Crippen LogP contribution >= 0.6 is 0 Å². The number of guanidine groups is 1. The highest BCUT2D eigenvalue weighted by Gasteiger charge is 2.39. The van der Waals surface area contributed by atoms with Crippen LogP contribution in [0.3, 0.4) is 0 Å². The van der Waals surface area contributed by atoms with Gasteiger partial charge in [-0.25, -0.2) is 0 Å². The number of hydrogen-bond acceptors (Lipinski definition) is 3. The maximum Gasteiger partial charge on any atom is 0.188 e. The van der Waals surface area contributed by atoms with E-state index in [-0.39, 0.29) is 5.54 Å². The fraction of sp³-hybridized carbons (Fsp3) is 0.947. The SMILES string of the molecule is CCCCCCNC(N)=NCC1(N2CCCCC2)CCN(C)CC1. The number of hydrogen-bond donors (Lipinski definition) is 2. The third-order valence-corrected chi connectivity index (χ3v) is 5.82. The van der Waals surface area contributed by atoms with E-state index >= 15 is 0 Å². The molecule has 2 rings (SSSR count). The Labute approximate surface area is 149 Å². The van der Waals surface area contributed by atoms with E-state index in [4.69, 9.17) is 10.7 Å². The first-order valence-electron chi connectivity index (χ1n) is 10.1. The van der Waals surface area contributed by atoms with Crippen molar-refractivity contribution in [3.05, 3.63) is 0 Å². The Morgan fingerprint density at radius 3 is 2.42 bits per heavy atom. The molecule has 0 aromatic rings. The molecule has 2 aliphatic heterocycles. The number of rotatable bonds is 8. The molecule has 0 saturated carbocycles. The first-order valence-corrected chi connectivity index (χ1v) is 10.1. The number of unbranched alkanes of at least 4 members (excludes halogenated alkanes) is 3. The van der Waals surface area contributed by atoms with Crippen LogP contribution in [0.5, 0.6) is 0 Å². The maximum absolute atomic E-state index is 6.13. The highest BCUT2D eigenvalue weighted by atomic mass is 15.3. The molecule has 0 aromatic heterocycles. The van der Waals surface area contributed by atoms with Gasteiger partial charge in [0.2, 0.25) is 0 Å². The third kappa shape index (κ3) is 5.92. The van der Waals surface area contributed by atoms with E-state index < -0.39 is 0 Å². The van der Waals surface area contributed by atoms with Crippen LogP contribution in [0.25, 0.3) is 0 Å². The summed E-state index contributed by atoms with van der Waals surface area (Å²) in [6.07, 6.45) is 11.6. The molecule has 2 saturated heterocycles. The Morgan fingerprint density at radius 1 is 1.04 bits per heavy atom. The van der Waals surface area contributed by atoms with Crippen LogP contribution in [-0.2, 0) is 0 Å². The number of nitrogens with one attached hydrogen (secondary N) is 1. The molecule has 5 heteroatoms. The van der Waals surface area contributed by atoms with Crippen molar-refractivity contribution in [2.24, 2.45) is 10.7 Å². The lowest BCUT2D eigenvalue weighted by molar-refractivity contribution is 0.0208. The van der Waals surface area contributed by atoms with Crippen LogP contribution in [0.2, 0.25) is 0 Å². The Hall–Kier alpha value is -0.810. The highest BCUT2D eigenvalue weighted by Crippen LogP contribution is 2.31. The largest absolute Gasteiger partial charge is 0.370 e. The molecule has 24 heavy (non-hydrogen) atoms. The van der Waals surface area contributed by atoms with E-state index in [1.807, 2.05) is 0 Å². The molecule has 0 amide bonds. The van der Waals surface area contributed by atoms with E-state index in [1.54, 1.807) is 0 Å². The van der Waals surface area contributed by atoms with Gasteiger partial charge in [-0.05, 0) is 65.3 Å². The van der Waals surface area contributed by atoms with Gasteiger partial charge in [0, 0.05) is 12.1 Å². The number of nitrogens with two attached hydrogens (primary N) is 1. The maximum atomic E-state index is 6.13. The zero-order valence-electron chi connectivity index (χ0n) is 16.0. The average molecular weight is 338 g/mol. The second-order valence-corrected chi connectivity index (χ2v) is 7.76. The zero-order valence-corrected chi connectivity index (χ0v) is 16.0. The second-order valence-electron chi connectivity index (χ2n) is 7.76. The van der Waals surface area contributed by atoms with Gasteiger partial charge in [0.25, 0.3) is 0 Å². The summed E-state index contributed by atoms with van der Waals surface area (Å²) >= 11 is 0. The lowest BCUT2D eigenvalue weighted by Crippen LogP contribution is -2.58. The first kappa shape index (κ1) is 19.5.